The van der Waals surface area contributed by atoms with Crippen LogP contribution in [0.4, 0.5) is 0 Å². The molecule has 0 aliphatic rings. The second kappa shape index (κ2) is 10.8. The Morgan fingerprint density at radius 3 is 2.35 bits per heavy atom. The van der Waals surface area contributed by atoms with E-state index in [0.717, 1.165) is 42.7 Å². The van der Waals surface area contributed by atoms with Crippen molar-refractivity contribution < 1.29 is 14.6 Å². The van der Waals surface area contributed by atoms with E-state index in [0.29, 0.717) is 19.4 Å². The summed E-state index contributed by atoms with van der Waals surface area (Å²) in [6.45, 7) is 4.77. The zero-order valence-corrected chi connectivity index (χ0v) is 18.5. The van der Waals surface area contributed by atoms with Gasteiger partial charge in [0.1, 0.15) is 11.3 Å². The fourth-order valence-electron chi connectivity index (χ4n) is 3.93. The first kappa shape index (κ1) is 22.6. The van der Waals surface area contributed by atoms with Crippen LogP contribution in [0.3, 0.4) is 0 Å². The van der Waals surface area contributed by atoms with Crippen molar-refractivity contribution in [2.45, 2.75) is 57.9 Å². The Balaban J connectivity index is 1.56. The first-order chi connectivity index (χ1) is 15.1. The van der Waals surface area contributed by atoms with Crippen molar-refractivity contribution in [3.63, 3.8) is 0 Å². The molecule has 1 N–H and O–H groups in total. The Kier molecular flexibility index (Phi) is 7.88. The summed E-state index contributed by atoms with van der Waals surface area (Å²) in [5.41, 5.74) is 2.35. The molecule has 0 bridgehead atoms. The van der Waals surface area contributed by atoms with Gasteiger partial charge >= 0.3 is 5.97 Å². The number of nitrogens with zero attached hydrogens (tertiary/aromatic N) is 2. The minimum Gasteiger partial charge on any atom is -0.494 e. The molecular formula is C26H32N2O3. The number of rotatable bonds is 12. The van der Waals surface area contributed by atoms with Gasteiger partial charge in [0.2, 0.25) is 0 Å². The summed E-state index contributed by atoms with van der Waals surface area (Å²) in [7, 11) is 0. The van der Waals surface area contributed by atoms with Gasteiger partial charge in [-0.15, -0.1) is 0 Å². The van der Waals surface area contributed by atoms with Gasteiger partial charge < -0.3 is 14.4 Å². The Labute approximate surface area is 184 Å². The Hall–Kier alpha value is -3.08. The highest BCUT2D eigenvalue weighted by atomic mass is 16.5. The molecule has 5 nitrogen and oxygen atoms in total. The van der Waals surface area contributed by atoms with E-state index < -0.39 is 11.5 Å². The number of carbonyl (C=O) groups is 1. The molecule has 3 aromatic rings. The lowest BCUT2D eigenvalue weighted by atomic mass is 9.86. The predicted octanol–water partition coefficient (Wildman–Crippen LogP) is 5.28. The van der Waals surface area contributed by atoms with Crippen molar-refractivity contribution in [3.05, 3.63) is 83.9 Å². The molecular weight excluding hydrogens is 388 g/mol. The molecule has 31 heavy (non-hydrogen) atoms. The van der Waals surface area contributed by atoms with Crippen LogP contribution in [0, 0.1) is 0 Å². The van der Waals surface area contributed by atoms with Gasteiger partial charge in [-0.3, -0.25) is 4.98 Å². The fraction of sp³-hybridized carbons (Fsp3) is 0.385. The van der Waals surface area contributed by atoms with Crippen molar-refractivity contribution in [2.75, 3.05) is 6.61 Å². The molecule has 5 heteroatoms. The van der Waals surface area contributed by atoms with Crippen LogP contribution in [0.5, 0.6) is 5.75 Å². The summed E-state index contributed by atoms with van der Waals surface area (Å²) in [4.78, 5) is 16.7. The van der Waals surface area contributed by atoms with Gasteiger partial charge in [0.05, 0.1) is 6.61 Å². The highest BCUT2D eigenvalue weighted by molar-refractivity contribution is 5.77. The SMILES string of the molecule is CCC[C@](Cc1ccc(OCCCc2ccc(CC)cn2)cc1)(C(=O)O)n1cccc1. The maximum Gasteiger partial charge on any atom is 0.330 e. The first-order valence-corrected chi connectivity index (χ1v) is 11.1. The largest absolute Gasteiger partial charge is 0.494 e. The van der Waals surface area contributed by atoms with E-state index in [-0.39, 0.29) is 0 Å². The van der Waals surface area contributed by atoms with Crippen LogP contribution in [-0.4, -0.2) is 27.2 Å². The molecule has 0 aliphatic carbocycles. The number of benzene rings is 1. The number of hydrogen-bond acceptors (Lipinski definition) is 3. The second-order valence-corrected chi connectivity index (χ2v) is 7.96. The van der Waals surface area contributed by atoms with Crippen LogP contribution in [0.2, 0.25) is 0 Å². The van der Waals surface area contributed by atoms with Gasteiger partial charge in [0, 0.05) is 30.7 Å². The first-order valence-electron chi connectivity index (χ1n) is 11.1. The smallest absolute Gasteiger partial charge is 0.330 e. The molecule has 0 radical (unpaired) electrons. The molecule has 2 heterocycles. The van der Waals surface area contributed by atoms with Gasteiger partial charge in [-0.1, -0.05) is 38.5 Å². The normalized spacial score (nSPS) is 13.0. The highest BCUT2D eigenvalue weighted by Gasteiger charge is 2.39. The van der Waals surface area contributed by atoms with E-state index in [2.05, 4.69) is 24.0 Å². The molecule has 0 amide bonds. The number of aromatic nitrogens is 2. The molecule has 0 unspecified atom stereocenters. The minimum absolute atomic E-state index is 0.435. The Morgan fingerprint density at radius 2 is 1.77 bits per heavy atom. The predicted molar refractivity (Wildman–Crippen MR) is 123 cm³/mol. The Bertz CT molecular complexity index is 934. The maximum absolute atomic E-state index is 12.3. The summed E-state index contributed by atoms with van der Waals surface area (Å²) in [6, 6.07) is 15.8. The maximum atomic E-state index is 12.3. The lowest BCUT2D eigenvalue weighted by Crippen LogP contribution is -2.43. The van der Waals surface area contributed by atoms with Crippen LogP contribution in [0.25, 0.3) is 0 Å². The zero-order valence-electron chi connectivity index (χ0n) is 18.5. The third kappa shape index (κ3) is 5.75. The molecule has 0 saturated carbocycles. The van der Waals surface area contributed by atoms with Crippen molar-refractivity contribution in [3.8, 4) is 5.75 Å². The van der Waals surface area contributed by atoms with Crippen LogP contribution in [0.15, 0.2) is 67.1 Å². The van der Waals surface area contributed by atoms with E-state index in [4.69, 9.17) is 4.74 Å². The van der Waals surface area contributed by atoms with E-state index in [9.17, 15) is 9.90 Å². The monoisotopic (exact) mass is 420 g/mol. The van der Waals surface area contributed by atoms with Crippen molar-refractivity contribution in [1.29, 1.82) is 0 Å². The number of carboxylic acids is 1. The average Bonchev–Trinajstić information content (AvgIpc) is 3.33. The molecule has 0 saturated heterocycles. The van der Waals surface area contributed by atoms with Gasteiger partial charge in [-0.05, 0) is 67.1 Å². The van der Waals surface area contributed by atoms with Gasteiger partial charge in [-0.2, -0.15) is 0 Å². The number of aryl methyl sites for hydroxylation is 2. The van der Waals surface area contributed by atoms with Crippen LogP contribution >= 0.6 is 0 Å². The van der Waals surface area contributed by atoms with Gasteiger partial charge in [0.25, 0.3) is 0 Å². The molecule has 3 rings (SSSR count). The summed E-state index contributed by atoms with van der Waals surface area (Å²) in [6.07, 6.45) is 10.2. The van der Waals surface area contributed by atoms with Crippen LogP contribution in [-0.2, 0) is 29.6 Å². The summed E-state index contributed by atoms with van der Waals surface area (Å²) >= 11 is 0. The average molecular weight is 421 g/mol. The quantitative estimate of drug-likeness (QED) is 0.405. The van der Waals surface area contributed by atoms with E-state index in [1.165, 1.54) is 5.56 Å². The third-order valence-electron chi connectivity index (χ3n) is 5.72. The second-order valence-electron chi connectivity index (χ2n) is 7.96. The number of carboxylic acid groups (broad SMARTS) is 1. The fourth-order valence-corrected chi connectivity index (χ4v) is 3.93. The van der Waals surface area contributed by atoms with Crippen LogP contribution < -0.4 is 4.74 Å². The lowest BCUT2D eigenvalue weighted by molar-refractivity contribution is -0.148. The van der Waals surface area contributed by atoms with Crippen molar-refractivity contribution in [1.82, 2.24) is 9.55 Å². The summed E-state index contributed by atoms with van der Waals surface area (Å²) < 4.78 is 7.70. The summed E-state index contributed by atoms with van der Waals surface area (Å²) in [5.74, 6) is 0.00174. The van der Waals surface area contributed by atoms with E-state index >= 15 is 0 Å². The standard InChI is InChI=1S/C26H32N2O3/c1-3-15-26(25(29)30,28-16-5-6-17-28)19-22-10-13-24(14-11-22)31-18-7-8-23-12-9-21(4-2)20-27-23/h5-6,9-14,16-17,20H,3-4,7-8,15,18-19H2,1-2H3,(H,29,30)/t26-/m0/s1. The molecule has 1 aromatic carbocycles. The molecule has 0 aliphatic heterocycles. The number of hydrogen-bond donors (Lipinski definition) is 1. The van der Waals surface area contributed by atoms with Crippen LogP contribution in [0.1, 0.15) is 49.9 Å². The topological polar surface area (TPSA) is 64.3 Å². The van der Waals surface area contributed by atoms with Crippen molar-refractivity contribution >= 4 is 5.97 Å². The molecule has 1 atom stereocenters. The third-order valence-corrected chi connectivity index (χ3v) is 5.72. The highest BCUT2D eigenvalue weighted by Crippen LogP contribution is 2.29. The van der Waals surface area contributed by atoms with E-state index in [1.54, 1.807) is 0 Å². The van der Waals surface area contributed by atoms with Gasteiger partial charge in [-0.25, -0.2) is 4.79 Å². The number of pyridine rings is 1. The number of ether oxygens (including phenoxy) is 1. The van der Waals surface area contributed by atoms with Crippen molar-refractivity contribution in [2.24, 2.45) is 0 Å². The minimum atomic E-state index is -0.971. The Morgan fingerprint density at radius 1 is 1.06 bits per heavy atom. The van der Waals surface area contributed by atoms with Gasteiger partial charge in [0.15, 0.2) is 0 Å². The molecule has 0 fully saturated rings. The zero-order chi connectivity index (χ0) is 22.1. The number of aliphatic carboxylic acids is 1. The molecule has 0 spiro atoms. The summed E-state index contributed by atoms with van der Waals surface area (Å²) in [5, 5.41) is 10.1. The molecule has 2 aromatic heterocycles. The van der Waals surface area contributed by atoms with E-state index in [1.807, 2.05) is 66.5 Å². The molecule has 164 valence electrons. The lowest BCUT2D eigenvalue weighted by Gasteiger charge is -2.31.